The van der Waals surface area contributed by atoms with Crippen LogP contribution in [0.1, 0.15) is 0 Å². The fourth-order valence-corrected chi connectivity index (χ4v) is 6.44. The van der Waals surface area contributed by atoms with E-state index < -0.39 is 0 Å². The standard InChI is InChI=1S/C19H19ClN6O.C12H14Cl2N2O.C7H6N4/c20-16-6-8-17(9-7-16)24-10-12-25(13-11-24)18(27)14-26-19(21-22-23-26)15-4-2-1-3-5-15;13-9-12(17)16-7-5-15(6-8-16)11-3-1-10(14)2-4-11;1-2-4-6(5-3-1)7-8-10-11-9-7/h1-9H,10-14H2;1-4H,5-9H2;1-5H,(H,8,9,10,11). The van der Waals surface area contributed by atoms with E-state index in [4.69, 9.17) is 34.8 Å². The lowest BCUT2D eigenvalue weighted by atomic mass is 10.2. The van der Waals surface area contributed by atoms with E-state index in [1.54, 1.807) is 9.58 Å². The number of tetrazole rings is 2. The van der Waals surface area contributed by atoms with E-state index in [-0.39, 0.29) is 24.2 Å². The number of nitrogens with zero attached hydrogens (tertiary/aromatic N) is 11. The number of carbonyl (C=O) groups is 2. The van der Waals surface area contributed by atoms with Crippen molar-refractivity contribution in [3.8, 4) is 22.8 Å². The molecule has 6 aromatic rings. The number of halogens is 3. The Morgan fingerprint density at radius 1 is 0.600 bits per heavy atom. The van der Waals surface area contributed by atoms with Crippen LogP contribution in [-0.4, -0.2) is 121 Å². The number of alkyl halides is 1. The van der Waals surface area contributed by atoms with E-state index in [1.807, 2.05) is 114 Å². The molecule has 0 spiro atoms. The van der Waals surface area contributed by atoms with Gasteiger partial charge >= 0.3 is 0 Å². The van der Waals surface area contributed by atoms with Crippen molar-refractivity contribution in [1.29, 1.82) is 0 Å². The smallest absolute Gasteiger partial charge is 0.244 e. The van der Waals surface area contributed by atoms with Crippen LogP contribution in [-0.2, 0) is 16.1 Å². The van der Waals surface area contributed by atoms with Crippen molar-refractivity contribution in [1.82, 2.24) is 50.6 Å². The quantitative estimate of drug-likeness (QED) is 0.208. The number of piperazine rings is 2. The zero-order valence-corrected chi connectivity index (χ0v) is 32.1. The Morgan fingerprint density at radius 2 is 1.09 bits per heavy atom. The minimum atomic E-state index is 0.0161. The zero-order valence-electron chi connectivity index (χ0n) is 29.8. The molecule has 1 N–H and O–H groups in total. The molecule has 0 bridgehead atoms. The van der Waals surface area contributed by atoms with Crippen LogP contribution in [0.3, 0.4) is 0 Å². The molecule has 55 heavy (non-hydrogen) atoms. The number of nitrogens with one attached hydrogen (secondary N) is 1. The summed E-state index contributed by atoms with van der Waals surface area (Å²) < 4.78 is 1.56. The molecule has 0 aliphatic carbocycles. The highest BCUT2D eigenvalue weighted by molar-refractivity contribution is 6.31. The monoisotopic (exact) mass is 800 g/mol. The minimum absolute atomic E-state index is 0.0161. The number of rotatable bonds is 7. The van der Waals surface area contributed by atoms with Crippen LogP contribution in [0, 0.1) is 0 Å². The van der Waals surface area contributed by atoms with E-state index in [2.05, 4.69) is 45.9 Å². The predicted molar refractivity (Wildman–Crippen MR) is 214 cm³/mol. The highest BCUT2D eigenvalue weighted by atomic mass is 35.5. The minimum Gasteiger partial charge on any atom is -0.368 e. The predicted octanol–water partition coefficient (Wildman–Crippen LogP) is 5.44. The van der Waals surface area contributed by atoms with Crippen LogP contribution < -0.4 is 9.80 Å². The van der Waals surface area contributed by atoms with Crippen LogP contribution >= 0.6 is 34.8 Å². The molecule has 0 atom stereocenters. The number of benzene rings is 4. The Kier molecular flexibility index (Phi) is 14.0. The molecule has 17 heteroatoms. The molecule has 2 aliphatic rings. The van der Waals surface area contributed by atoms with Crippen molar-refractivity contribution in [2.24, 2.45) is 0 Å². The van der Waals surface area contributed by atoms with Crippen molar-refractivity contribution in [2.75, 3.05) is 68.0 Å². The molecule has 2 saturated heterocycles. The van der Waals surface area contributed by atoms with Gasteiger partial charge in [-0.15, -0.1) is 26.9 Å². The van der Waals surface area contributed by atoms with Gasteiger partial charge < -0.3 is 19.6 Å². The third kappa shape index (κ3) is 11.0. The maximum Gasteiger partial charge on any atom is 0.244 e. The molecule has 0 radical (unpaired) electrons. The van der Waals surface area contributed by atoms with Gasteiger partial charge in [0.05, 0.1) is 0 Å². The van der Waals surface area contributed by atoms with Gasteiger partial charge in [-0.3, -0.25) is 9.59 Å². The lowest BCUT2D eigenvalue weighted by Gasteiger charge is -2.36. The first-order valence-electron chi connectivity index (χ1n) is 17.6. The van der Waals surface area contributed by atoms with Crippen LogP contribution in [0.2, 0.25) is 10.0 Å². The lowest BCUT2D eigenvalue weighted by Crippen LogP contribution is -2.49. The normalized spacial score (nSPS) is 14.0. The van der Waals surface area contributed by atoms with Crippen LogP contribution in [0.5, 0.6) is 0 Å². The van der Waals surface area contributed by atoms with Gasteiger partial charge in [-0.1, -0.05) is 83.9 Å². The Hall–Kier alpha value is -5.57. The van der Waals surface area contributed by atoms with Gasteiger partial charge in [-0.05, 0) is 64.2 Å². The van der Waals surface area contributed by atoms with Crippen molar-refractivity contribution in [2.45, 2.75) is 6.54 Å². The maximum atomic E-state index is 12.7. The molecule has 2 amide bonds. The topological polar surface area (TPSA) is 145 Å². The third-order valence-corrected chi connectivity index (χ3v) is 9.72. The van der Waals surface area contributed by atoms with E-state index in [0.717, 1.165) is 71.8 Å². The van der Waals surface area contributed by atoms with Crippen molar-refractivity contribution >= 4 is 58.0 Å². The van der Waals surface area contributed by atoms with Gasteiger partial charge in [-0.25, -0.2) is 4.68 Å². The fraction of sp³-hybridized carbons (Fsp3) is 0.263. The molecule has 2 aliphatic heterocycles. The molecule has 0 unspecified atom stereocenters. The van der Waals surface area contributed by atoms with Crippen LogP contribution in [0.25, 0.3) is 22.8 Å². The Bertz CT molecular complexity index is 2050. The molecular weight excluding hydrogens is 763 g/mol. The van der Waals surface area contributed by atoms with E-state index >= 15 is 0 Å². The number of carbonyl (C=O) groups excluding carboxylic acids is 2. The van der Waals surface area contributed by atoms with E-state index in [9.17, 15) is 9.59 Å². The van der Waals surface area contributed by atoms with Gasteiger partial charge in [-0.2, -0.15) is 5.21 Å². The summed E-state index contributed by atoms with van der Waals surface area (Å²) in [5.74, 6) is 1.34. The van der Waals surface area contributed by atoms with Crippen molar-refractivity contribution < 1.29 is 9.59 Å². The molecule has 2 aromatic heterocycles. The Morgan fingerprint density at radius 3 is 1.56 bits per heavy atom. The van der Waals surface area contributed by atoms with E-state index in [1.165, 1.54) is 0 Å². The number of aromatic nitrogens is 8. The summed E-state index contributed by atoms with van der Waals surface area (Å²) in [6.07, 6.45) is 0. The third-order valence-electron chi connectivity index (χ3n) is 8.99. The molecule has 284 valence electrons. The number of hydrogen-bond donors (Lipinski definition) is 1. The summed E-state index contributed by atoms with van der Waals surface area (Å²) in [5, 5.41) is 26.8. The molecule has 0 saturated carbocycles. The van der Waals surface area contributed by atoms with Crippen molar-refractivity contribution in [3.63, 3.8) is 0 Å². The largest absolute Gasteiger partial charge is 0.368 e. The van der Waals surface area contributed by atoms with Crippen LogP contribution in [0.15, 0.2) is 109 Å². The highest BCUT2D eigenvalue weighted by Gasteiger charge is 2.23. The summed E-state index contributed by atoms with van der Waals surface area (Å²) in [4.78, 5) is 32.3. The Balaban J connectivity index is 0.000000156. The second-order valence-corrected chi connectivity index (χ2v) is 13.6. The van der Waals surface area contributed by atoms with E-state index in [0.29, 0.717) is 24.7 Å². The summed E-state index contributed by atoms with van der Waals surface area (Å²) in [6.45, 7) is 6.19. The highest BCUT2D eigenvalue weighted by Crippen LogP contribution is 2.21. The number of hydrogen-bond acceptors (Lipinski definition) is 10. The number of anilines is 2. The summed E-state index contributed by atoms with van der Waals surface area (Å²) in [7, 11) is 0. The first kappa shape index (κ1) is 39.1. The summed E-state index contributed by atoms with van der Waals surface area (Å²) in [5.41, 5.74) is 4.13. The first-order chi connectivity index (χ1) is 26.9. The van der Waals surface area contributed by atoms with Crippen molar-refractivity contribution in [3.05, 3.63) is 119 Å². The SMILES string of the molecule is O=C(CCl)N1CCN(c2ccc(Cl)cc2)CC1.O=C(Cn1nnnc1-c1ccccc1)N1CCN(c2ccc(Cl)cc2)CC1.c1ccc(-c2nn[nH]n2)cc1. The average molecular weight is 802 g/mol. The fourth-order valence-electron chi connectivity index (χ4n) is 6.02. The molecule has 14 nitrogen and oxygen atoms in total. The number of H-pyrrole nitrogens is 1. The second kappa shape index (κ2) is 19.7. The zero-order chi connectivity index (χ0) is 38.4. The number of amides is 2. The van der Waals surface area contributed by atoms with Gasteiger partial charge in [0.25, 0.3) is 0 Å². The van der Waals surface area contributed by atoms with Gasteiger partial charge in [0.15, 0.2) is 5.82 Å². The lowest BCUT2D eigenvalue weighted by molar-refractivity contribution is -0.132. The molecular formula is C38H39Cl3N12O2. The molecule has 4 aromatic carbocycles. The molecule has 4 heterocycles. The second-order valence-electron chi connectivity index (χ2n) is 12.4. The van der Waals surface area contributed by atoms with Gasteiger partial charge in [0.2, 0.25) is 17.6 Å². The average Bonchev–Trinajstić information content (AvgIpc) is 3.96. The van der Waals surface area contributed by atoms with Gasteiger partial charge in [0.1, 0.15) is 12.4 Å². The summed E-state index contributed by atoms with van der Waals surface area (Å²) in [6, 6.07) is 34.9. The Labute approximate surface area is 333 Å². The molecule has 8 rings (SSSR count). The summed E-state index contributed by atoms with van der Waals surface area (Å²) >= 11 is 17.3. The van der Waals surface area contributed by atoms with Crippen LogP contribution in [0.4, 0.5) is 11.4 Å². The number of aromatic amines is 1. The molecule has 2 fully saturated rings. The maximum absolute atomic E-state index is 12.7. The first-order valence-corrected chi connectivity index (χ1v) is 18.9. The van der Waals surface area contributed by atoms with Gasteiger partial charge in [0, 0.05) is 84.9 Å².